The van der Waals surface area contributed by atoms with Crippen LogP contribution in [0.2, 0.25) is 0 Å². The van der Waals surface area contributed by atoms with Crippen LogP contribution in [0, 0.1) is 0 Å². The molecule has 1 aromatic heterocycles. The van der Waals surface area contributed by atoms with Gasteiger partial charge in [0.25, 0.3) is 0 Å². The number of thioether (sulfide) groups is 1. The molecule has 5 nitrogen and oxygen atoms in total. The molecular formula is C13H16F3N3O2S. The van der Waals surface area contributed by atoms with Gasteiger partial charge in [0.05, 0.1) is 18.0 Å². The number of hydrogen-bond acceptors (Lipinski definition) is 5. The number of halogens is 3. The molecule has 1 aromatic rings. The van der Waals surface area contributed by atoms with Crippen molar-refractivity contribution in [3.8, 4) is 0 Å². The van der Waals surface area contributed by atoms with Crippen LogP contribution in [0.25, 0.3) is 0 Å². The van der Waals surface area contributed by atoms with Crippen LogP contribution in [0.3, 0.4) is 0 Å². The quantitative estimate of drug-likeness (QED) is 0.831. The first kappa shape index (κ1) is 16.9. The molecule has 22 heavy (non-hydrogen) atoms. The van der Waals surface area contributed by atoms with Crippen molar-refractivity contribution in [1.82, 2.24) is 10.3 Å². The summed E-state index contributed by atoms with van der Waals surface area (Å²) in [6.07, 6.45) is -3.62. The summed E-state index contributed by atoms with van der Waals surface area (Å²) in [7, 11) is 1.54. The third-order valence-corrected chi connectivity index (χ3v) is 4.17. The zero-order chi connectivity index (χ0) is 16.2. The Morgan fingerprint density at radius 2 is 2.32 bits per heavy atom. The number of carbonyl (C=O) groups is 1. The summed E-state index contributed by atoms with van der Waals surface area (Å²) >= 11 is 1.53. The van der Waals surface area contributed by atoms with Crippen LogP contribution in [0.1, 0.15) is 5.56 Å². The number of pyridine rings is 1. The van der Waals surface area contributed by atoms with Crippen LogP contribution >= 0.6 is 11.8 Å². The number of anilines is 1. The maximum atomic E-state index is 12.5. The van der Waals surface area contributed by atoms with Gasteiger partial charge in [-0.05, 0) is 12.1 Å². The standard InChI is InChI=1S/C13H16F3N3O2S/c1-21-5-4-17-12(20)10-7-22-8-19(10)11-3-2-9(6-18-11)13(14,15)16/h2-3,6,10H,4-5,7-8H2,1H3,(H,17,20)/t10-/m0/s1. The van der Waals surface area contributed by atoms with Gasteiger partial charge in [-0.1, -0.05) is 0 Å². The number of rotatable bonds is 5. The summed E-state index contributed by atoms with van der Waals surface area (Å²) in [6.45, 7) is 0.801. The Bertz CT molecular complexity index is 510. The first-order valence-corrected chi connectivity index (χ1v) is 7.73. The van der Waals surface area contributed by atoms with Crippen molar-refractivity contribution in [1.29, 1.82) is 0 Å². The van der Waals surface area contributed by atoms with Gasteiger partial charge in [-0.2, -0.15) is 13.2 Å². The zero-order valence-electron chi connectivity index (χ0n) is 11.9. The van der Waals surface area contributed by atoms with Crippen molar-refractivity contribution >= 4 is 23.5 Å². The minimum absolute atomic E-state index is 0.177. The minimum atomic E-state index is -4.41. The van der Waals surface area contributed by atoms with Crippen LogP contribution in [0.5, 0.6) is 0 Å². The highest BCUT2D eigenvalue weighted by atomic mass is 32.2. The maximum Gasteiger partial charge on any atom is 0.417 e. The molecule has 1 amide bonds. The fraction of sp³-hybridized carbons (Fsp3) is 0.538. The van der Waals surface area contributed by atoms with Crippen LogP contribution in [-0.2, 0) is 15.7 Å². The summed E-state index contributed by atoms with van der Waals surface area (Å²) < 4.78 is 42.5. The number of ether oxygens (including phenoxy) is 1. The molecule has 0 aromatic carbocycles. The summed E-state index contributed by atoms with van der Waals surface area (Å²) in [6, 6.07) is 1.83. The van der Waals surface area contributed by atoms with E-state index in [4.69, 9.17) is 4.74 Å². The van der Waals surface area contributed by atoms with Crippen molar-refractivity contribution in [2.75, 3.05) is 36.8 Å². The molecule has 0 radical (unpaired) electrons. The lowest BCUT2D eigenvalue weighted by Crippen LogP contribution is -2.46. The summed E-state index contributed by atoms with van der Waals surface area (Å²) in [5.74, 6) is 1.27. The average molecular weight is 335 g/mol. The summed E-state index contributed by atoms with van der Waals surface area (Å²) in [4.78, 5) is 17.6. The third kappa shape index (κ3) is 4.04. The maximum absolute atomic E-state index is 12.5. The van der Waals surface area contributed by atoms with Crippen LogP contribution in [-0.4, -0.2) is 48.8 Å². The van der Waals surface area contributed by atoms with Gasteiger partial charge in [-0.25, -0.2) is 4.98 Å². The molecular weight excluding hydrogens is 319 g/mol. The van der Waals surface area contributed by atoms with Crippen molar-refractivity contribution in [2.24, 2.45) is 0 Å². The van der Waals surface area contributed by atoms with Gasteiger partial charge in [0, 0.05) is 25.6 Å². The van der Waals surface area contributed by atoms with Crippen LogP contribution in [0.15, 0.2) is 18.3 Å². The molecule has 0 unspecified atom stereocenters. The Morgan fingerprint density at radius 3 is 2.91 bits per heavy atom. The van der Waals surface area contributed by atoms with Crippen LogP contribution < -0.4 is 10.2 Å². The molecule has 1 saturated heterocycles. The lowest BCUT2D eigenvalue weighted by Gasteiger charge is -2.24. The van der Waals surface area contributed by atoms with Crippen molar-refractivity contribution in [3.63, 3.8) is 0 Å². The largest absolute Gasteiger partial charge is 0.417 e. The Morgan fingerprint density at radius 1 is 1.55 bits per heavy atom. The molecule has 1 atom stereocenters. The molecule has 122 valence electrons. The molecule has 0 aliphatic carbocycles. The lowest BCUT2D eigenvalue weighted by atomic mass is 10.2. The van der Waals surface area contributed by atoms with E-state index in [2.05, 4.69) is 10.3 Å². The number of amides is 1. The average Bonchev–Trinajstić information content (AvgIpc) is 2.96. The molecule has 1 aliphatic heterocycles. The van der Waals surface area contributed by atoms with Gasteiger partial charge in [0.15, 0.2) is 0 Å². The Kier molecular flexibility index (Phi) is 5.52. The van der Waals surface area contributed by atoms with Crippen molar-refractivity contribution in [2.45, 2.75) is 12.2 Å². The predicted octanol–water partition coefficient (Wildman–Crippen LogP) is 1.74. The fourth-order valence-corrected chi connectivity index (χ4v) is 3.17. The van der Waals surface area contributed by atoms with E-state index in [0.717, 1.165) is 12.3 Å². The Balaban J connectivity index is 2.05. The van der Waals surface area contributed by atoms with E-state index in [9.17, 15) is 18.0 Å². The second kappa shape index (κ2) is 7.19. The number of nitrogens with zero attached hydrogens (tertiary/aromatic N) is 2. The van der Waals surface area contributed by atoms with E-state index >= 15 is 0 Å². The Labute approximate surface area is 130 Å². The monoisotopic (exact) mass is 335 g/mol. The SMILES string of the molecule is COCCNC(=O)[C@@H]1CSCN1c1ccc(C(F)(F)F)cn1. The van der Waals surface area contributed by atoms with Gasteiger partial charge < -0.3 is 15.0 Å². The summed E-state index contributed by atoms with van der Waals surface area (Å²) in [5, 5.41) is 2.73. The molecule has 1 fully saturated rings. The second-order valence-corrected chi connectivity index (χ2v) is 5.67. The molecule has 0 bridgehead atoms. The fourth-order valence-electron chi connectivity index (χ4n) is 2.00. The molecule has 1 N–H and O–H groups in total. The lowest BCUT2D eigenvalue weighted by molar-refractivity contribution is -0.137. The van der Waals surface area contributed by atoms with Crippen molar-refractivity contribution in [3.05, 3.63) is 23.9 Å². The highest BCUT2D eigenvalue weighted by Crippen LogP contribution is 2.31. The normalized spacial score (nSPS) is 18.5. The smallest absolute Gasteiger partial charge is 0.383 e. The first-order chi connectivity index (χ1) is 10.4. The van der Waals surface area contributed by atoms with Crippen LogP contribution in [0.4, 0.5) is 19.0 Å². The predicted molar refractivity (Wildman–Crippen MR) is 77.7 cm³/mol. The van der Waals surface area contributed by atoms with Gasteiger partial charge in [0.2, 0.25) is 5.91 Å². The second-order valence-electron chi connectivity index (χ2n) is 4.67. The van der Waals surface area contributed by atoms with Gasteiger partial charge in [0.1, 0.15) is 11.9 Å². The highest BCUT2D eigenvalue weighted by molar-refractivity contribution is 7.99. The molecule has 1 aliphatic rings. The first-order valence-electron chi connectivity index (χ1n) is 6.58. The third-order valence-electron chi connectivity index (χ3n) is 3.16. The van der Waals surface area contributed by atoms with E-state index in [1.807, 2.05) is 0 Å². The number of nitrogens with one attached hydrogen (secondary N) is 1. The number of alkyl halides is 3. The zero-order valence-corrected chi connectivity index (χ0v) is 12.7. The van der Waals surface area contributed by atoms with E-state index in [1.165, 1.54) is 24.9 Å². The number of methoxy groups -OCH3 is 1. The van der Waals surface area contributed by atoms with Gasteiger partial charge in [-0.3, -0.25) is 4.79 Å². The number of aromatic nitrogens is 1. The van der Waals surface area contributed by atoms with Crippen molar-refractivity contribution < 1.29 is 22.7 Å². The molecule has 2 heterocycles. The van der Waals surface area contributed by atoms with Gasteiger partial charge in [-0.15, -0.1) is 11.8 Å². The Hall–Kier alpha value is -1.48. The highest BCUT2D eigenvalue weighted by Gasteiger charge is 2.34. The van der Waals surface area contributed by atoms with E-state index in [1.54, 1.807) is 4.90 Å². The number of hydrogen-bond donors (Lipinski definition) is 1. The van der Waals surface area contributed by atoms with E-state index in [-0.39, 0.29) is 5.91 Å². The topological polar surface area (TPSA) is 54.5 Å². The molecule has 0 saturated carbocycles. The van der Waals surface area contributed by atoms with E-state index < -0.39 is 17.8 Å². The van der Waals surface area contributed by atoms with E-state index in [0.29, 0.717) is 30.6 Å². The molecule has 2 rings (SSSR count). The minimum Gasteiger partial charge on any atom is -0.383 e. The number of carbonyl (C=O) groups excluding carboxylic acids is 1. The van der Waals surface area contributed by atoms with Gasteiger partial charge >= 0.3 is 6.18 Å². The summed E-state index contributed by atoms with van der Waals surface area (Å²) in [5.41, 5.74) is -0.802. The molecule has 9 heteroatoms. The molecule has 0 spiro atoms.